The molecular formula is C34H29ClN2O5. The van der Waals surface area contributed by atoms with Crippen molar-refractivity contribution in [1.82, 2.24) is 0 Å². The Kier molecular flexibility index (Phi) is 8.96. The van der Waals surface area contributed by atoms with Crippen LogP contribution in [0.15, 0.2) is 102 Å². The molecule has 0 aromatic heterocycles. The third-order valence-electron chi connectivity index (χ3n) is 6.80. The number of unbranched alkanes of at least 4 members (excludes halogenated alkanes) is 1. The second kappa shape index (κ2) is 13.2. The summed E-state index contributed by atoms with van der Waals surface area (Å²) in [6.45, 7) is 2.99. The number of fused-ring (bicyclic) bond motifs is 1. The number of nitrogens with zero attached hydrogens (tertiary/aromatic N) is 1. The van der Waals surface area contributed by atoms with Gasteiger partial charge in [-0.2, -0.15) is 5.26 Å². The van der Waals surface area contributed by atoms with Gasteiger partial charge in [-0.05, 0) is 54.4 Å². The average molecular weight is 581 g/mol. The maximum Gasteiger partial charge on any atom is 0.343 e. The number of benzene rings is 4. The molecule has 0 fully saturated rings. The van der Waals surface area contributed by atoms with Crippen LogP contribution in [0.1, 0.15) is 52.7 Å². The standard InChI is InChI=1S/C34H29ClN2O5/c1-2-3-17-39-26-9-6-8-23(18-26)34(38)41-27-15-16-28-31(19-27)42-33(37)29(20-36)32(28)22-11-13-25(14-12-22)40-21-24-7-4-5-10-30(24)35/h4-16,18-19,32H,2-3,17,21,37H2,1H3. The predicted octanol–water partition coefficient (Wildman–Crippen LogP) is 7.54. The lowest BCUT2D eigenvalue weighted by Gasteiger charge is -2.26. The normalized spacial score (nSPS) is 13.9. The topological polar surface area (TPSA) is 104 Å². The van der Waals surface area contributed by atoms with Crippen LogP contribution in [0, 0.1) is 11.3 Å². The highest BCUT2D eigenvalue weighted by molar-refractivity contribution is 6.31. The highest BCUT2D eigenvalue weighted by Gasteiger charge is 2.31. The molecule has 212 valence electrons. The van der Waals surface area contributed by atoms with Crippen LogP contribution in [-0.2, 0) is 6.61 Å². The number of carbonyl (C=O) groups excluding carboxylic acids is 1. The van der Waals surface area contributed by atoms with E-state index in [1.165, 1.54) is 0 Å². The van der Waals surface area contributed by atoms with E-state index >= 15 is 0 Å². The number of nitriles is 1. The number of rotatable bonds is 10. The van der Waals surface area contributed by atoms with E-state index in [0.717, 1.165) is 29.5 Å². The molecule has 0 spiro atoms. The van der Waals surface area contributed by atoms with Crippen LogP contribution in [0.2, 0.25) is 5.02 Å². The number of hydrogen-bond donors (Lipinski definition) is 1. The van der Waals surface area contributed by atoms with Crippen LogP contribution >= 0.6 is 11.6 Å². The zero-order valence-electron chi connectivity index (χ0n) is 23.0. The van der Waals surface area contributed by atoms with Gasteiger partial charge in [-0.15, -0.1) is 0 Å². The molecule has 4 aromatic carbocycles. The van der Waals surface area contributed by atoms with Gasteiger partial charge >= 0.3 is 5.97 Å². The molecule has 7 nitrogen and oxygen atoms in total. The van der Waals surface area contributed by atoms with Gasteiger partial charge in [0, 0.05) is 22.2 Å². The number of esters is 1. The van der Waals surface area contributed by atoms with Crippen molar-refractivity contribution in [3.05, 3.63) is 130 Å². The Morgan fingerprint density at radius 1 is 0.952 bits per heavy atom. The number of ether oxygens (including phenoxy) is 4. The van der Waals surface area contributed by atoms with Gasteiger partial charge in [0.25, 0.3) is 0 Å². The van der Waals surface area contributed by atoms with Gasteiger partial charge in [-0.3, -0.25) is 0 Å². The number of hydrogen-bond acceptors (Lipinski definition) is 7. The molecule has 5 rings (SSSR count). The van der Waals surface area contributed by atoms with Crippen LogP contribution in [0.4, 0.5) is 0 Å². The molecule has 4 aromatic rings. The summed E-state index contributed by atoms with van der Waals surface area (Å²) in [6.07, 6.45) is 1.94. The molecule has 2 N–H and O–H groups in total. The Morgan fingerprint density at radius 3 is 2.50 bits per heavy atom. The summed E-state index contributed by atoms with van der Waals surface area (Å²) < 4.78 is 23.1. The molecule has 1 unspecified atom stereocenters. The predicted molar refractivity (Wildman–Crippen MR) is 160 cm³/mol. The molecule has 8 heteroatoms. The summed E-state index contributed by atoms with van der Waals surface area (Å²) in [7, 11) is 0. The van der Waals surface area contributed by atoms with E-state index in [4.69, 9.17) is 36.3 Å². The van der Waals surface area contributed by atoms with Gasteiger partial charge in [-0.1, -0.05) is 67.4 Å². The summed E-state index contributed by atoms with van der Waals surface area (Å²) >= 11 is 6.24. The van der Waals surface area contributed by atoms with Crippen molar-refractivity contribution >= 4 is 17.6 Å². The molecule has 1 aliphatic rings. The van der Waals surface area contributed by atoms with E-state index in [9.17, 15) is 10.1 Å². The monoisotopic (exact) mass is 580 g/mol. The maximum absolute atomic E-state index is 12.9. The van der Waals surface area contributed by atoms with Gasteiger partial charge in [0.1, 0.15) is 41.2 Å². The smallest absolute Gasteiger partial charge is 0.343 e. The van der Waals surface area contributed by atoms with Crippen molar-refractivity contribution < 1.29 is 23.7 Å². The minimum Gasteiger partial charge on any atom is -0.494 e. The molecule has 0 saturated heterocycles. The molecular weight excluding hydrogens is 552 g/mol. The van der Waals surface area contributed by atoms with Gasteiger partial charge in [0.15, 0.2) is 0 Å². The first-order valence-corrected chi connectivity index (χ1v) is 14.0. The zero-order valence-corrected chi connectivity index (χ0v) is 23.8. The van der Waals surface area contributed by atoms with Crippen molar-refractivity contribution in [2.75, 3.05) is 6.61 Å². The van der Waals surface area contributed by atoms with E-state index in [1.807, 2.05) is 48.5 Å². The van der Waals surface area contributed by atoms with Crippen LogP contribution < -0.4 is 24.7 Å². The lowest BCUT2D eigenvalue weighted by atomic mass is 9.83. The lowest BCUT2D eigenvalue weighted by molar-refractivity contribution is 0.0734. The Bertz CT molecular complexity index is 1660. The summed E-state index contributed by atoms with van der Waals surface area (Å²) in [5.74, 6) is 0.938. The van der Waals surface area contributed by atoms with Crippen LogP contribution in [-0.4, -0.2) is 12.6 Å². The van der Waals surface area contributed by atoms with Gasteiger partial charge in [-0.25, -0.2) is 4.79 Å². The Hall–Kier alpha value is -4.93. The second-order valence-electron chi connectivity index (χ2n) is 9.69. The molecule has 0 saturated carbocycles. The minimum atomic E-state index is -0.531. The lowest BCUT2D eigenvalue weighted by Crippen LogP contribution is -2.21. The van der Waals surface area contributed by atoms with Crippen LogP contribution in [0.5, 0.6) is 23.0 Å². The van der Waals surface area contributed by atoms with E-state index in [2.05, 4.69) is 13.0 Å². The Labute approximate surface area is 249 Å². The second-order valence-corrected chi connectivity index (χ2v) is 10.1. The molecule has 0 amide bonds. The van der Waals surface area contributed by atoms with Crippen molar-refractivity contribution in [3.63, 3.8) is 0 Å². The minimum absolute atomic E-state index is 0.00514. The van der Waals surface area contributed by atoms with Gasteiger partial charge in [0.05, 0.1) is 18.1 Å². The molecule has 1 aliphatic heterocycles. The molecule has 0 aliphatic carbocycles. The Morgan fingerprint density at radius 2 is 1.74 bits per heavy atom. The van der Waals surface area contributed by atoms with E-state index in [0.29, 0.717) is 41.0 Å². The molecule has 0 radical (unpaired) electrons. The summed E-state index contributed by atoms with van der Waals surface area (Å²) in [5, 5.41) is 10.6. The number of carbonyl (C=O) groups is 1. The van der Waals surface area contributed by atoms with Crippen LogP contribution in [0.3, 0.4) is 0 Å². The van der Waals surface area contributed by atoms with Gasteiger partial charge in [0.2, 0.25) is 5.88 Å². The third-order valence-corrected chi connectivity index (χ3v) is 7.17. The largest absolute Gasteiger partial charge is 0.494 e. The maximum atomic E-state index is 12.9. The third kappa shape index (κ3) is 6.51. The fourth-order valence-electron chi connectivity index (χ4n) is 4.59. The van der Waals surface area contributed by atoms with Gasteiger partial charge < -0.3 is 24.7 Å². The highest BCUT2D eigenvalue weighted by Crippen LogP contribution is 2.43. The van der Waals surface area contributed by atoms with Crippen molar-refractivity contribution in [2.24, 2.45) is 5.73 Å². The van der Waals surface area contributed by atoms with Crippen molar-refractivity contribution in [1.29, 1.82) is 5.26 Å². The highest BCUT2D eigenvalue weighted by atomic mass is 35.5. The molecule has 1 atom stereocenters. The zero-order chi connectivity index (χ0) is 29.5. The quantitative estimate of drug-likeness (QED) is 0.117. The molecule has 0 bridgehead atoms. The summed E-state index contributed by atoms with van der Waals surface area (Å²) in [6, 6.07) is 29.1. The average Bonchev–Trinajstić information content (AvgIpc) is 3.00. The number of nitrogens with two attached hydrogens (primary N) is 1. The number of allylic oxidation sites excluding steroid dienone is 1. The van der Waals surface area contributed by atoms with Crippen LogP contribution in [0.25, 0.3) is 0 Å². The van der Waals surface area contributed by atoms with E-state index < -0.39 is 11.9 Å². The fraction of sp³-hybridized carbons (Fsp3) is 0.176. The van der Waals surface area contributed by atoms with Crippen molar-refractivity contribution in [3.8, 4) is 29.1 Å². The summed E-state index contributed by atoms with van der Waals surface area (Å²) in [5.41, 5.74) is 9.26. The number of halogens is 1. The molecule has 1 heterocycles. The first-order valence-electron chi connectivity index (χ1n) is 13.6. The summed E-state index contributed by atoms with van der Waals surface area (Å²) in [4.78, 5) is 12.9. The fourth-order valence-corrected chi connectivity index (χ4v) is 4.78. The van der Waals surface area contributed by atoms with E-state index in [1.54, 1.807) is 42.5 Å². The van der Waals surface area contributed by atoms with E-state index in [-0.39, 0.29) is 17.2 Å². The van der Waals surface area contributed by atoms with Crippen molar-refractivity contribution in [2.45, 2.75) is 32.3 Å². The SMILES string of the molecule is CCCCOc1cccc(C(=O)Oc2ccc3c(c2)OC(N)=C(C#N)C3c2ccc(OCc3ccccc3Cl)cc2)c1. The molecule has 42 heavy (non-hydrogen) atoms. The Balaban J connectivity index is 1.33. The first-order chi connectivity index (χ1) is 20.5. The first kappa shape index (κ1) is 28.6.